The molecule has 0 aromatic heterocycles. The highest BCUT2D eigenvalue weighted by Crippen LogP contribution is 1.96. The molecule has 0 bridgehead atoms. The molecule has 0 fully saturated rings. The molecule has 5 nitrogen and oxygen atoms in total. The fourth-order valence-corrected chi connectivity index (χ4v) is 1.04. The molecule has 0 saturated carbocycles. The summed E-state index contributed by atoms with van der Waals surface area (Å²) in [6.07, 6.45) is 0. The second-order valence-corrected chi connectivity index (χ2v) is 3.30. The highest BCUT2D eigenvalue weighted by Gasteiger charge is 2.06. The standard InChI is InChI=1S/C5H9NO4S/c1-4(5(7)10-2)3-11(6,8)9/h3H,1-2H3,(H2,6,8,9). The van der Waals surface area contributed by atoms with E-state index in [2.05, 4.69) is 9.88 Å². The van der Waals surface area contributed by atoms with Crippen molar-refractivity contribution in [2.45, 2.75) is 6.92 Å². The van der Waals surface area contributed by atoms with Gasteiger partial charge in [-0.1, -0.05) is 0 Å². The first kappa shape index (κ1) is 10.1. The van der Waals surface area contributed by atoms with Crippen molar-refractivity contribution in [1.29, 1.82) is 0 Å². The molecule has 0 rings (SSSR count). The zero-order valence-electron chi connectivity index (χ0n) is 6.20. The molecule has 0 aliphatic carbocycles. The Bertz CT molecular complexity index is 277. The highest BCUT2D eigenvalue weighted by molar-refractivity contribution is 7.92. The summed E-state index contributed by atoms with van der Waals surface area (Å²) in [5, 5.41) is 5.27. The summed E-state index contributed by atoms with van der Waals surface area (Å²) < 4.78 is 24.9. The molecule has 2 N–H and O–H groups in total. The number of sulfonamides is 1. The lowest BCUT2D eigenvalue weighted by Crippen LogP contribution is -2.11. The van der Waals surface area contributed by atoms with E-state index in [1.54, 1.807) is 0 Å². The minimum Gasteiger partial charge on any atom is -0.466 e. The van der Waals surface area contributed by atoms with Crippen LogP contribution in [0.5, 0.6) is 0 Å². The van der Waals surface area contributed by atoms with E-state index in [9.17, 15) is 13.2 Å². The van der Waals surface area contributed by atoms with Crippen LogP contribution < -0.4 is 5.14 Å². The largest absolute Gasteiger partial charge is 0.466 e. The van der Waals surface area contributed by atoms with Gasteiger partial charge in [-0.2, -0.15) is 0 Å². The monoisotopic (exact) mass is 179 g/mol. The lowest BCUT2D eigenvalue weighted by molar-refractivity contribution is -0.136. The van der Waals surface area contributed by atoms with Crippen LogP contribution in [-0.4, -0.2) is 21.5 Å². The summed E-state index contributed by atoms with van der Waals surface area (Å²) in [5.41, 5.74) is -0.0463. The van der Waals surface area contributed by atoms with E-state index in [1.807, 2.05) is 0 Å². The van der Waals surface area contributed by atoms with Crippen LogP contribution in [-0.2, 0) is 19.6 Å². The quantitative estimate of drug-likeness (QED) is 0.451. The Labute approximate surface area is 64.9 Å². The summed E-state index contributed by atoms with van der Waals surface area (Å²) in [7, 11) is -2.59. The summed E-state index contributed by atoms with van der Waals surface area (Å²) in [6.45, 7) is 1.30. The number of hydrogen-bond donors (Lipinski definition) is 1. The van der Waals surface area contributed by atoms with Gasteiger partial charge in [0.15, 0.2) is 0 Å². The van der Waals surface area contributed by atoms with Crippen LogP contribution in [0.3, 0.4) is 0 Å². The molecular weight excluding hydrogens is 170 g/mol. The van der Waals surface area contributed by atoms with E-state index in [0.717, 1.165) is 7.11 Å². The van der Waals surface area contributed by atoms with Crippen LogP contribution in [0.25, 0.3) is 0 Å². The van der Waals surface area contributed by atoms with Gasteiger partial charge in [-0.3, -0.25) is 0 Å². The Balaban J connectivity index is 4.62. The summed E-state index contributed by atoms with van der Waals surface area (Å²) >= 11 is 0. The second kappa shape index (κ2) is 3.49. The zero-order valence-corrected chi connectivity index (χ0v) is 7.01. The molecule has 0 amide bonds. The maximum atomic E-state index is 10.6. The maximum Gasteiger partial charge on any atom is 0.334 e. The predicted molar refractivity (Wildman–Crippen MR) is 38.9 cm³/mol. The SMILES string of the molecule is COC(=O)C(C)=CS(N)(=O)=O. The first-order valence-electron chi connectivity index (χ1n) is 2.66. The molecule has 0 radical (unpaired) electrons. The molecule has 0 spiro atoms. The Kier molecular flexibility index (Phi) is 3.21. The van der Waals surface area contributed by atoms with Gasteiger partial charge in [-0.25, -0.2) is 18.4 Å². The number of methoxy groups -OCH3 is 1. The second-order valence-electron chi connectivity index (χ2n) is 1.88. The van der Waals surface area contributed by atoms with Gasteiger partial charge in [-0.05, 0) is 6.92 Å². The minimum absolute atomic E-state index is 0.0463. The summed E-state index contributed by atoms with van der Waals surface area (Å²) in [5.74, 6) is -0.709. The van der Waals surface area contributed by atoms with Gasteiger partial charge in [0.05, 0.1) is 12.5 Å². The third-order valence-electron chi connectivity index (χ3n) is 0.848. The topological polar surface area (TPSA) is 86.5 Å². The van der Waals surface area contributed by atoms with E-state index in [0.29, 0.717) is 5.41 Å². The molecule has 11 heavy (non-hydrogen) atoms. The third kappa shape index (κ3) is 4.51. The first-order chi connectivity index (χ1) is 4.87. The fourth-order valence-electron chi connectivity index (χ4n) is 0.455. The van der Waals surface area contributed by atoms with E-state index in [4.69, 9.17) is 0 Å². The van der Waals surface area contributed by atoms with Crippen LogP contribution in [0.1, 0.15) is 6.92 Å². The van der Waals surface area contributed by atoms with Crippen molar-refractivity contribution < 1.29 is 17.9 Å². The zero-order chi connectivity index (χ0) is 9.07. The number of nitrogens with two attached hydrogens (primary N) is 1. The molecule has 0 aliphatic heterocycles. The fraction of sp³-hybridized carbons (Fsp3) is 0.400. The summed E-state index contributed by atoms with van der Waals surface area (Å²) in [6, 6.07) is 0. The molecule has 0 aromatic carbocycles. The van der Waals surface area contributed by atoms with Gasteiger partial charge in [-0.15, -0.1) is 0 Å². The van der Waals surface area contributed by atoms with E-state index < -0.39 is 16.0 Å². The van der Waals surface area contributed by atoms with Crippen LogP contribution in [0.4, 0.5) is 0 Å². The Morgan fingerprint density at radius 1 is 1.55 bits per heavy atom. The molecular formula is C5H9NO4S. The smallest absolute Gasteiger partial charge is 0.334 e. The normalized spacial score (nSPS) is 12.8. The van der Waals surface area contributed by atoms with Crippen LogP contribution in [0, 0.1) is 0 Å². The average molecular weight is 179 g/mol. The lowest BCUT2D eigenvalue weighted by Gasteiger charge is -1.95. The molecule has 0 unspecified atom stereocenters. The number of carbonyl (C=O) groups excluding carboxylic acids is 1. The van der Waals surface area contributed by atoms with Crippen molar-refractivity contribution in [3.05, 3.63) is 11.0 Å². The van der Waals surface area contributed by atoms with Gasteiger partial charge in [0.1, 0.15) is 0 Å². The summed E-state index contributed by atoms with van der Waals surface area (Å²) in [4.78, 5) is 10.6. The lowest BCUT2D eigenvalue weighted by atomic mass is 10.4. The number of hydrogen-bond acceptors (Lipinski definition) is 4. The van der Waals surface area contributed by atoms with Crippen LogP contribution in [0.2, 0.25) is 0 Å². The molecule has 0 heterocycles. The third-order valence-corrected chi connectivity index (χ3v) is 1.53. The van der Waals surface area contributed by atoms with Gasteiger partial charge in [0.25, 0.3) is 0 Å². The van der Waals surface area contributed by atoms with E-state index >= 15 is 0 Å². The van der Waals surface area contributed by atoms with Crippen molar-refractivity contribution in [2.24, 2.45) is 5.14 Å². The molecule has 0 atom stereocenters. The molecule has 64 valence electrons. The number of ether oxygens (including phenoxy) is 1. The molecule has 6 heteroatoms. The van der Waals surface area contributed by atoms with Crippen LogP contribution >= 0.6 is 0 Å². The maximum absolute atomic E-state index is 10.6. The van der Waals surface area contributed by atoms with Gasteiger partial charge < -0.3 is 4.74 Å². The Morgan fingerprint density at radius 2 is 2.00 bits per heavy atom. The molecule has 0 aromatic rings. The van der Waals surface area contributed by atoms with E-state index in [1.165, 1.54) is 6.92 Å². The van der Waals surface area contributed by atoms with Crippen molar-refractivity contribution in [3.8, 4) is 0 Å². The van der Waals surface area contributed by atoms with Gasteiger partial charge in [0, 0.05) is 5.57 Å². The predicted octanol–water partition coefficient (Wildman–Crippen LogP) is -0.648. The van der Waals surface area contributed by atoms with Crippen molar-refractivity contribution in [1.82, 2.24) is 0 Å². The Morgan fingerprint density at radius 3 is 2.27 bits per heavy atom. The number of carbonyl (C=O) groups is 1. The van der Waals surface area contributed by atoms with Crippen molar-refractivity contribution >= 4 is 16.0 Å². The molecule has 0 aliphatic rings. The average Bonchev–Trinajstić information content (AvgIpc) is 1.82. The highest BCUT2D eigenvalue weighted by atomic mass is 32.2. The van der Waals surface area contributed by atoms with Crippen molar-refractivity contribution in [2.75, 3.05) is 7.11 Å². The van der Waals surface area contributed by atoms with Gasteiger partial charge in [0.2, 0.25) is 10.0 Å². The van der Waals surface area contributed by atoms with Crippen molar-refractivity contribution in [3.63, 3.8) is 0 Å². The minimum atomic E-state index is -3.74. The van der Waals surface area contributed by atoms with E-state index in [-0.39, 0.29) is 5.57 Å². The number of esters is 1. The van der Waals surface area contributed by atoms with Gasteiger partial charge >= 0.3 is 5.97 Å². The number of rotatable bonds is 2. The Hall–Kier alpha value is -0.880. The first-order valence-corrected chi connectivity index (χ1v) is 4.27. The van der Waals surface area contributed by atoms with Crippen LogP contribution in [0.15, 0.2) is 11.0 Å². The number of primary sulfonamides is 1. The molecule has 0 saturated heterocycles.